The lowest BCUT2D eigenvalue weighted by molar-refractivity contribution is -0.117. The molecule has 0 spiro atoms. The minimum absolute atomic E-state index is 0.105. The highest BCUT2D eigenvalue weighted by atomic mass is 35.5. The number of anilines is 1. The third-order valence-electron chi connectivity index (χ3n) is 2.80. The van der Waals surface area contributed by atoms with Crippen LogP contribution in [0.1, 0.15) is 23.1 Å². The number of halogens is 1. The van der Waals surface area contributed by atoms with E-state index in [1.165, 1.54) is 4.68 Å². The maximum atomic E-state index is 11.9. The fourth-order valence-electron chi connectivity index (χ4n) is 1.85. The van der Waals surface area contributed by atoms with Gasteiger partial charge in [0.1, 0.15) is 6.54 Å². The van der Waals surface area contributed by atoms with Gasteiger partial charge in [0.05, 0.1) is 5.69 Å². The number of carbonyl (C=O) groups is 2. The van der Waals surface area contributed by atoms with Crippen molar-refractivity contribution in [1.29, 1.82) is 0 Å². The summed E-state index contributed by atoms with van der Waals surface area (Å²) >= 11 is 5.76. The molecule has 21 heavy (non-hydrogen) atoms. The Labute approximate surface area is 125 Å². The number of amides is 1. The maximum absolute atomic E-state index is 11.9. The number of nitrogens with one attached hydrogen (secondary N) is 1. The summed E-state index contributed by atoms with van der Waals surface area (Å²) in [6, 6.07) is 6.66. The Hall–Kier alpha value is -2.41. The fourth-order valence-corrected chi connectivity index (χ4v) is 1.97. The second-order valence-corrected chi connectivity index (χ2v) is 4.69. The largest absolute Gasteiger partial charge is 0.476 e. The number of aromatic nitrogens is 3. The van der Waals surface area contributed by atoms with E-state index >= 15 is 0 Å². The molecular weight excluding hydrogens is 296 g/mol. The second kappa shape index (κ2) is 6.36. The molecule has 2 N–H and O–H groups in total. The molecule has 2 rings (SSSR count). The predicted molar refractivity (Wildman–Crippen MR) is 76.4 cm³/mol. The zero-order valence-electron chi connectivity index (χ0n) is 11.2. The lowest BCUT2D eigenvalue weighted by Crippen LogP contribution is -2.21. The molecule has 110 valence electrons. The van der Waals surface area contributed by atoms with Crippen LogP contribution in [-0.4, -0.2) is 32.0 Å². The highest BCUT2D eigenvalue weighted by Crippen LogP contribution is 2.13. The lowest BCUT2D eigenvalue weighted by Gasteiger charge is -2.07. The van der Waals surface area contributed by atoms with Crippen molar-refractivity contribution in [2.24, 2.45) is 0 Å². The number of nitrogens with zero attached hydrogens (tertiary/aromatic N) is 3. The summed E-state index contributed by atoms with van der Waals surface area (Å²) in [5.41, 5.74) is 0.881. The number of aromatic carboxylic acids is 1. The van der Waals surface area contributed by atoms with Crippen molar-refractivity contribution in [3.05, 3.63) is 40.7 Å². The van der Waals surface area contributed by atoms with E-state index in [2.05, 4.69) is 15.6 Å². The van der Waals surface area contributed by atoms with Crippen LogP contribution in [-0.2, 0) is 17.8 Å². The van der Waals surface area contributed by atoms with Crippen LogP contribution in [0.4, 0.5) is 5.69 Å². The van der Waals surface area contributed by atoms with Crippen LogP contribution in [0, 0.1) is 0 Å². The molecule has 0 aliphatic carbocycles. The van der Waals surface area contributed by atoms with Gasteiger partial charge in [-0.05, 0) is 30.7 Å². The Morgan fingerprint density at radius 2 is 2.00 bits per heavy atom. The van der Waals surface area contributed by atoms with Crippen LogP contribution >= 0.6 is 11.6 Å². The van der Waals surface area contributed by atoms with Gasteiger partial charge in [-0.15, -0.1) is 5.10 Å². The topological polar surface area (TPSA) is 97.1 Å². The molecule has 7 nitrogen and oxygen atoms in total. The summed E-state index contributed by atoms with van der Waals surface area (Å²) in [7, 11) is 0. The van der Waals surface area contributed by atoms with Gasteiger partial charge in [-0.1, -0.05) is 23.7 Å². The van der Waals surface area contributed by atoms with Crippen molar-refractivity contribution in [3.63, 3.8) is 0 Å². The molecule has 0 fully saturated rings. The average molecular weight is 309 g/mol. The van der Waals surface area contributed by atoms with E-state index in [-0.39, 0.29) is 18.1 Å². The molecular formula is C13H13ClN4O3. The number of carbonyl (C=O) groups excluding carboxylic acids is 1. The van der Waals surface area contributed by atoms with Gasteiger partial charge in [0.15, 0.2) is 5.69 Å². The maximum Gasteiger partial charge on any atom is 0.358 e. The summed E-state index contributed by atoms with van der Waals surface area (Å²) in [6.07, 6.45) is 0.420. The number of rotatable bonds is 5. The van der Waals surface area contributed by atoms with Gasteiger partial charge in [-0.2, -0.15) is 0 Å². The Bertz CT molecular complexity index is 667. The Morgan fingerprint density at radius 1 is 1.33 bits per heavy atom. The monoisotopic (exact) mass is 308 g/mol. The fraction of sp³-hybridized carbons (Fsp3) is 0.231. The van der Waals surface area contributed by atoms with Gasteiger partial charge < -0.3 is 10.4 Å². The first-order valence-electron chi connectivity index (χ1n) is 6.22. The molecule has 0 saturated carbocycles. The van der Waals surface area contributed by atoms with Crippen molar-refractivity contribution in [2.45, 2.75) is 19.9 Å². The van der Waals surface area contributed by atoms with Crippen LogP contribution < -0.4 is 5.32 Å². The molecule has 1 aromatic carbocycles. The van der Waals surface area contributed by atoms with Crippen LogP contribution in [0.3, 0.4) is 0 Å². The quantitative estimate of drug-likeness (QED) is 0.878. The van der Waals surface area contributed by atoms with Crippen molar-refractivity contribution in [1.82, 2.24) is 15.0 Å². The lowest BCUT2D eigenvalue weighted by atomic mass is 10.2. The molecule has 0 radical (unpaired) electrons. The highest BCUT2D eigenvalue weighted by molar-refractivity contribution is 6.30. The molecule has 1 aromatic heterocycles. The first-order chi connectivity index (χ1) is 10.0. The molecule has 0 aliphatic rings. The van der Waals surface area contributed by atoms with Gasteiger partial charge in [-0.3, -0.25) is 4.79 Å². The first-order valence-corrected chi connectivity index (χ1v) is 6.60. The zero-order chi connectivity index (χ0) is 15.4. The van der Waals surface area contributed by atoms with Crippen molar-refractivity contribution < 1.29 is 14.7 Å². The summed E-state index contributed by atoms with van der Waals surface area (Å²) in [5.74, 6) is -1.48. The highest BCUT2D eigenvalue weighted by Gasteiger charge is 2.18. The van der Waals surface area contributed by atoms with Crippen molar-refractivity contribution in [2.75, 3.05) is 5.32 Å². The number of carboxylic acid groups (broad SMARTS) is 1. The zero-order valence-corrected chi connectivity index (χ0v) is 12.0. The van der Waals surface area contributed by atoms with Gasteiger partial charge in [-0.25, -0.2) is 9.48 Å². The molecule has 1 heterocycles. The standard InChI is InChI=1S/C13H13ClN4O3/c1-2-10-12(13(20)21)16-17-18(10)7-11(19)15-9-5-3-8(14)4-6-9/h3-6H,2,7H2,1H3,(H,15,19)(H,20,21). The first kappa shape index (κ1) is 15.0. The molecule has 0 atom stereocenters. The van der Waals surface area contributed by atoms with E-state index in [4.69, 9.17) is 16.7 Å². The molecule has 0 unspecified atom stereocenters. The Morgan fingerprint density at radius 3 is 2.57 bits per heavy atom. The average Bonchev–Trinajstić information content (AvgIpc) is 2.84. The van der Waals surface area contributed by atoms with Gasteiger partial charge in [0.25, 0.3) is 0 Å². The van der Waals surface area contributed by atoms with E-state index in [0.717, 1.165) is 0 Å². The molecule has 0 aliphatic heterocycles. The molecule has 2 aromatic rings. The minimum Gasteiger partial charge on any atom is -0.476 e. The normalized spacial score (nSPS) is 10.4. The van der Waals surface area contributed by atoms with Crippen LogP contribution in [0.25, 0.3) is 0 Å². The second-order valence-electron chi connectivity index (χ2n) is 4.26. The third kappa shape index (κ3) is 3.57. The van der Waals surface area contributed by atoms with Crippen molar-refractivity contribution in [3.8, 4) is 0 Å². The number of hydrogen-bond acceptors (Lipinski definition) is 4. The molecule has 1 amide bonds. The summed E-state index contributed by atoms with van der Waals surface area (Å²) < 4.78 is 1.29. The number of hydrogen-bond donors (Lipinski definition) is 2. The van der Waals surface area contributed by atoms with Crippen molar-refractivity contribution >= 4 is 29.2 Å². The SMILES string of the molecule is CCc1c(C(=O)O)nnn1CC(=O)Nc1ccc(Cl)cc1. The van der Waals surface area contributed by atoms with Gasteiger partial charge >= 0.3 is 5.97 Å². The van der Waals surface area contributed by atoms with E-state index in [9.17, 15) is 9.59 Å². The Balaban J connectivity index is 2.09. The third-order valence-corrected chi connectivity index (χ3v) is 3.05. The van der Waals surface area contributed by atoms with Crippen LogP contribution in [0.2, 0.25) is 5.02 Å². The van der Waals surface area contributed by atoms with E-state index in [1.54, 1.807) is 31.2 Å². The smallest absolute Gasteiger partial charge is 0.358 e. The molecule has 8 heteroatoms. The molecule has 0 bridgehead atoms. The Kier molecular flexibility index (Phi) is 4.54. The summed E-state index contributed by atoms with van der Waals surface area (Å²) in [6.45, 7) is 1.67. The van der Waals surface area contributed by atoms with E-state index in [1.807, 2.05) is 0 Å². The number of carboxylic acids is 1. The minimum atomic E-state index is -1.16. The molecule has 0 saturated heterocycles. The number of benzene rings is 1. The summed E-state index contributed by atoms with van der Waals surface area (Å²) in [4.78, 5) is 22.9. The predicted octanol–water partition coefficient (Wildman–Crippen LogP) is 1.83. The van der Waals surface area contributed by atoms with Gasteiger partial charge in [0.2, 0.25) is 5.91 Å². The van der Waals surface area contributed by atoms with E-state index in [0.29, 0.717) is 22.8 Å². The van der Waals surface area contributed by atoms with E-state index < -0.39 is 5.97 Å². The van der Waals surface area contributed by atoms with Crippen LogP contribution in [0.5, 0.6) is 0 Å². The summed E-state index contributed by atoms with van der Waals surface area (Å²) in [5, 5.41) is 19.5. The van der Waals surface area contributed by atoms with Crippen LogP contribution in [0.15, 0.2) is 24.3 Å². The van der Waals surface area contributed by atoms with Gasteiger partial charge in [0, 0.05) is 10.7 Å².